The van der Waals surface area contributed by atoms with Gasteiger partial charge in [0.25, 0.3) is 0 Å². The molecule has 1 fully saturated rings. The summed E-state index contributed by atoms with van der Waals surface area (Å²) in [5.41, 5.74) is 12.7. The highest BCUT2D eigenvalue weighted by atomic mass is 19.1. The second-order valence-corrected chi connectivity index (χ2v) is 10.2. The van der Waals surface area contributed by atoms with E-state index < -0.39 is 0 Å². The van der Waals surface area contributed by atoms with Gasteiger partial charge in [-0.3, -0.25) is 4.39 Å². The van der Waals surface area contributed by atoms with Crippen molar-refractivity contribution in [2.24, 2.45) is 5.92 Å². The molecule has 0 amide bonds. The lowest BCUT2D eigenvalue weighted by Crippen LogP contribution is -2.47. The Kier molecular flexibility index (Phi) is 6.97. The molecule has 5 rings (SSSR count). The minimum atomic E-state index is -0.203. The Labute approximate surface area is 204 Å². The SMILES string of the molecule is Cc1cccc(C2=C(c3ccc(CC4CN(CCCF)C4)cc3)c3ccccc3CCC2)c1C. The first-order valence-electron chi connectivity index (χ1n) is 12.9. The Bertz CT molecular complexity index is 1170. The van der Waals surface area contributed by atoms with E-state index in [9.17, 15) is 4.39 Å². The van der Waals surface area contributed by atoms with Gasteiger partial charge >= 0.3 is 0 Å². The molecule has 1 aliphatic carbocycles. The van der Waals surface area contributed by atoms with Crippen molar-refractivity contribution in [2.75, 3.05) is 26.3 Å². The molecule has 0 saturated carbocycles. The zero-order valence-electron chi connectivity index (χ0n) is 20.6. The summed E-state index contributed by atoms with van der Waals surface area (Å²) in [4.78, 5) is 2.38. The maximum atomic E-state index is 12.4. The van der Waals surface area contributed by atoms with Crippen LogP contribution in [0.3, 0.4) is 0 Å². The molecule has 3 aromatic rings. The van der Waals surface area contributed by atoms with Crippen LogP contribution in [0.15, 0.2) is 66.7 Å². The summed E-state index contributed by atoms with van der Waals surface area (Å²) in [6.07, 6.45) is 5.20. The van der Waals surface area contributed by atoms with Gasteiger partial charge in [0.2, 0.25) is 0 Å². The lowest BCUT2D eigenvalue weighted by molar-refractivity contribution is 0.0968. The number of nitrogens with zero attached hydrogens (tertiary/aromatic N) is 1. The molecule has 3 aromatic carbocycles. The number of halogens is 1. The standard InChI is InChI=1S/C32H36FN/c1-23-8-5-12-29(24(23)2)31-13-6-10-27-9-3-4-11-30(27)32(31)28-16-14-25(15-17-28)20-26-21-34(22-26)19-7-18-33/h3-5,8-9,11-12,14-17,26H,6-7,10,13,18-22H2,1-2H3. The maximum absolute atomic E-state index is 12.4. The first-order valence-corrected chi connectivity index (χ1v) is 12.9. The summed E-state index contributed by atoms with van der Waals surface area (Å²) in [7, 11) is 0. The number of fused-ring (bicyclic) bond motifs is 1. The topological polar surface area (TPSA) is 3.24 Å². The van der Waals surface area contributed by atoms with Crippen molar-refractivity contribution in [3.05, 3.63) is 106 Å². The van der Waals surface area contributed by atoms with Crippen LogP contribution >= 0.6 is 0 Å². The van der Waals surface area contributed by atoms with E-state index in [4.69, 9.17) is 0 Å². The van der Waals surface area contributed by atoms with E-state index in [0.717, 1.165) is 38.9 Å². The number of likely N-dealkylation sites (tertiary alicyclic amines) is 1. The molecule has 2 aliphatic rings. The fourth-order valence-corrected chi connectivity index (χ4v) is 5.82. The normalized spacial score (nSPS) is 16.8. The first kappa shape index (κ1) is 23.1. The van der Waals surface area contributed by atoms with Crippen molar-refractivity contribution in [3.63, 3.8) is 0 Å². The number of allylic oxidation sites excluding steroid dienone is 1. The molecule has 0 unspecified atom stereocenters. The van der Waals surface area contributed by atoms with Crippen molar-refractivity contribution in [1.29, 1.82) is 0 Å². The third-order valence-electron chi connectivity index (χ3n) is 7.80. The highest BCUT2D eigenvalue weighted by molar-refractivity contribution is 6.00. The van der Waals surface area contributed by atoms with Crippen LogP contribution in [-0.4, -0.2) is 31.2 Å². The largest absolute Gasteiger partial charge is 0.303 e. The van der Waals surface area contributed by atoms with Crippen LogP contribution in [0.25, 0.3) is 11.1 Å². The summed E-state index contributed by atoms with van der Waals surface area (Å²) in [5, 5.41) is 0. The summed E-state index contributed by atoms with van der Waals surface area (Å²) in [6, 6.07) is 25.1. The zero-order chi connectivity index (χ0) is 23.5. The average molecular weight is 454 g/mol. The Morgan fingerprint density at radius 2 is 1.62 bits per heavy atom. The van der Waals surface area contributed by atoms with Crippen LogP contribution in [0, 0.1) is 19.8 Å². The summed E-state index contributed by atoms with van der Waals surface area (Å²) < 4.78 is 12.4. The lowest BCUT2D eigenvalue weighted by Gasteiger charge is -2.39. The second-order valence-electron chi connectivity index (χ2n) is 10.2. The predicted molar refractivity (Wildman–Crippen MR) is 142 cm³/mol. The Morgan fingerprint density at radius 1 is 0.853 bits per heavy atom. The highest BCUT2D eigenvalue weighted by Gasteiger charge is 2.26. The van der Waals surface area contributed by atoms with Gasteiger partial charge in [-0.2, -0.15) is 0 Å². The van der Waals surface area contributed by atoms with E-state index in [0.29, 0.717) is 12.3 Å². The molecule has 0 N–H and O–H groups in total. The molecule has 0 radical (unpaired) electrons. The van der Waals surface area contributed by atoms with E-state index in [-0.39, 0.29) is 6.67 Å². The summed E-state index contributed by atoms with van der Waals surface area (Å²) in [5.74, 6) is 0.703. The Hall–Kier alpha value is -2.71. The van der Waals surface area contributed by atoms with E-state index in [1.165, 1.54) is 56.5 Å². The van der Waals surface area contributed by atoms with Gasteiger partial charge in [0.1, 0.15) is 0 Å². The minimum Gasteiger partial charge on any atom is -0.303 e. The third kappa shape index (κ3) is 4.74. The molecular weight excluding hydrogens is 417 g/mol. The van der Waals surface area contributed by atoms with Crippen LogP contribution in [-0.2, 0) is 12.8 Å². The molecule has 1 heterocycles. The van der Waals surface area contributed by atoms with E-state index in [2.05, 4.69) is 85.5 Å². The van der Waals surface area contributed by atoms with Gasteiger partial charge in [-0.1, -0.05) is 66.7 Å². The molecular formula is C32H36FN. The monoisotopic (exact) mass is 453 g/mol. The molecule has 0 spiro atoms. The van der Waals surface area contributed by atoms with Crippen molar-refractivity contribution in [2.45, 2.75) is 46.0 Å². The van der Waals surface area contributed by atoms with Gasteiger partial charge in [0, 0.05) is 19.6 Å². The van der Waals surface area contributed by atoms with Crippen LogP contribution in [0.1, 0.15) is 58.2 Å². The quantitative estimate of drug-likeness (QED) is 0.359. The molecule has 176 valence electrons. The summed E-state index contributed by atoms with van der Waals surface area (Å²) >= 11 is 0. The van der Waals surface area contributed by atoms with E-state index >= 15 is 0 Å². The third-order valence-corrected chi connectivity index (χ3v) is 7.80. The van der Waals surface area contributed by atoms with Crippen molar-refractivity contribution >= 4 is 11.1 Å². The first-order chi connectivity index (χ1) is 16.6. The van der Waals surface area contributed by atoms with E-state index in [1.807, 2.05) is 0 Å². The molecule has 2 heteroatoms. The lowest BCUT2D eigenvalue weighted by atomic mass is 9.85. The second kappa shape index (κ2) is 10.3. The Morgan fingerprint density at radius 3 is 2.41 bits per heavy atom. The van der Waals surface area contributed by atoms with E-state index in [1.54, 1.807) is 0 Å². The molecule has 1 saturated heterocycles. The van der Waals surface area contributed by atoms with Crippen LogP contribution < -0.4 is 0 Å². The molecule has 34 heavy (non-hydrogen) atoms. The van der Waals surface area contributed by atoms with Gasteiger partial charge in [0.15, 0.2) is 0 Å². The predicted octanol–water partition coefficient (Wildman–Crippen LogP) is 7.43. The number of benzene rings is 3. The number of aryl methyl sites for hydroxylation is 2. The van der Waals surface area contributed by atoms with Gasteiger partial charge < -0.3 is 4.90 Å². The Balaban J connectivity index is 1.47. The maximum Gasteiger partial charge on any atom is 0.0906 e. The summed E-state index contributed by atoms with van der Waals surface area (Å²) in [6.45, 7) is 7.41. The average Bonchev–Trinajstić information content (AvgIpc) is 3.02. The molecule has 0 bridgehead atoms. The van der Waals surface area contributed by atoms with Crippen molar-refractivity contribution in [3.8, 4) is 0 Å². The van der Waals surface area contributed by atoms with Gasteiger partial charge in [-0.15, -0.1) is 0 Å². The van der Waals surface area contributed by atoms with Crippen LogP contribution in [0.4, 0.5) is 4.39 Å². The number of hydrogen-bond donors (Lipinski definition) is 0. The van der Waals surface area contributed by atoms with Crippen LogP contribution in [0.2, 0.25) is 0 Å². The smallest absolute Gasteiger partial charge is 0.0906 e. The van der Waals surface area contributed by atoms with Gasteiger partial charge in [0.05, 0.1) is 6.67 Å². The molecule has 1 nitrogen and oxygen atoms in total. The molecule has 1 aliphatic heterocycles. The van der Waals surface area contributed by atoms with Crippen LogP contribution in [0.5, 0.6) is 0 Å². The number of hydrogen-bond acceptors (Lipinski definition) is 1. The highest BCUT2D eigenvalue weighted by Crippen LogP contribution is 2.41. The molecule has 0 atom stereocenters. The number of alkyl halides is 1. The number of rotatable bonds is 7. The molecule has 0 aromatic heterocycles. The zero-order valence-corrected chi connectivity index (χ0v) is 20.6. The fourth-order valence-electron chi connectivity index (χ4n) is 5.82. The van der Waals surface area contributed by atoms with Gasteiger partial charge in [-0.25, -0.2) is 0 Å². The minimum absolute atomic E-state index is 0.203. The fraction of sp³-hybridized carbons (Fsp3) is 0.375. The van der Waals surface area contributed by atoms with Crippen molar-refractivity contribution in [1.82, 2.24) is 4.90 Å². The van der Waals surface area contributed by atoms with Crippen molar-refractivity contribution < 1.29 is 4.39 Å². The van der Waals surface area contributed by atoms with Gasteiger partial charge in [-0.05, 0) is 102 Å².